The van der Waals surface area contributed by atoms with Crippen molar-refractivity contribution in [3.63, 3.8) is 0 Å². The normalized spacial score (nSPS) is 9.68. The van der Waals surface area contributed by atoms with Crippen LogP contribution in [-0.4, -0.2) is 30.4 Å². The summed E-state index contributed by atoms with van der Waals surface area (Å²) in [7, 11) is 0. The maximum Gasteiger partial charge on any atom is 0.241 e. The summed E-state index contributed by atoms with van der Waals surface area (Å²) in [5.41, 5.74) is 3.11. The molecule has 0 heterocycles. The Balaban J connectivity index is 1.92. The van der Waals surface area contributed by atoms with E-state index in [4.69, 9.17) is 10.5 Å². The number of hydrogen-bond acceptors (Lipinski definition) is 4. The molecule has 0 aliphatic heterocycles. The van der Waals surface area contributed by atoms with Gasteiger partial charge in [0.15, 0.2) is 0 Å². The zero-order chi connectivity index (χ0) is 17.9. The molecule has 25 heavy (non-hydrogen) atoms. The van der Waals surface area contributed by atoms with Crippen LogP contribution >= 0.6 is 0 Å². The van der Waals surface area contributed by atoms with Gasteiger partial charge >= 0.3 is 0 Å². The Bertz CT molecular complexity index is 739. The van der Waals surface area contributed by atoms with Crippen LogP contribution in [0.5, 0.6) is 0 Å². The number of anilines is 1. The van der Waals surface area contributed by atoms with Gasteiger partial charge in [-0.1, -0.05) is 42.5 Å². The van der Waals surface area contributed by atoms with Crippen molar-refractivity contribution in [3.05, 3.63) is 54.6 Å². The van der Waals surface area contributed by atoms with Crippen LogP contribution in [0.3, 0.4) is 0 Å². The highest BCUT2D eigenvalue weighted by Crippen LogP contribution is 2.20. The van der Waals surface area contributed by atoms with E-state index in [0.29, 0.717) is 13.1 Å². The third kappa shape index (κ3) is 5.67. The summed E-state index contributed by atoms with van der Waals surface area (Å²) in [6.45, 7) is 0.846. The van der Waals surface area contributed by atoms with Gasteiger partial charge in [0.2, 0.25) is 5.91 Å². The van der Waals surface area contributed by atoms with Crippen LogP contribution in [0.2, 0.25) is 0 Å². The number of benzene rings is 2. The molecule has 0 aliphatic rings. The Hall–Kier alpha value is -3.31. The number of nitriles is 2. The highest BCUT2D eigenvalue weighted by atomic mass is 16.2. The first-order valence-electron chi connectivity index (χ1n) is 8.15. The molecule has 0 unspecified atom stereocenters. The van der Waals surface area contributed by atoms with Crippen molar-refractivity contribution in [1.29, 1.82) is 10.5 Å². The lowest BCUT2D eigenvalue weighted by Gasteiger charge is -2.20. The number of nitrogens with one attached hydrogen (secondary N) is 1. The number of carbonyl (C=O) groups excluding carboxylic acids is 1. The van der Waals surface area contributed by atoms with Crippen LogP contribution < -0.4 is 5.32 Å². The van der Waals surface area contributed by atoms with E-state index in [1.54, 1.807) is 4.90 Å². The standard InChI is InChI=1S/C20H20N4O/c21-12-4-14-24(15-5-13-22)20(25)16-23-19-10-8-18(9-11-19)17-6-2-1-3-7-17/h1-3,6-11,23H,4-5,14-16H2. The first-order chi connectivity index (χ1) is 12.2. The lowest BCUT2D eigenvalue weighted by Crippen LogP contribution is -2.36. The molecule has 0 saturated heterocycles. The third-order valence-electron chi connectivity index (χ3n) is 3.78. The SMILES string of the molecule is N#CCCN(CCC#N)C(=O)CNc1ccc(-c2ccccc2)cc1. The second-order valence-corrected chi connectivity index (χ2v) is 5.49. The lowest BCUT2D eigenvalue weighted by atomic mass is 10.1. The summed E-state index contributed by atoms with van der Waals surface area (Å²) in [5.74, 6) is -0.113. The van der Waals surface area contributed by atoms with E-state index < -0.39 is 0 Å². The van der Waals surface area contributed by atoms with Gasteiger partial charge < -0.3 is 10.2 Å². The van der Waals surface area contributed by atoms with E-state index in [1.807, 2.05) is 66.7 Å². The highest BCUT2D eigenvalue weighted by molar-refractivity contribution is 5.81. The van der Waals surface area contributed by atoms with Crippen LogP contribution in [0.25, 0.3) is 11.1 Å². The molecule has 2 aromatic rings. The highest BCUT2D eigenvalue weighted by Gasteiger charge is 2.12. The molecule has 0 aromatic heterocycles. The number of carbonyl (C=O) groups is 1. The molecule has 0 spiro atoms. The molecule has 0 bridgehead atoms. The average Bonchev–Trinajstić information content (AvgIpc) is 2.67. The van der Waals surface area contributed by atoms with Gasteiger partial charge in [-0.15, -0.1) is 0 Å². The minimum atomic E-state index is -0.113. The maximum atomic E-state index is 12.3. The Morgan fingerprint density at radius 3 is 2.00 bits per heavy atom. The van der Waals surface area contributed by atoms with Gasteiger partial charge in [-0.25, -0.2) is 0 Å². The molecule has 0 fully saturated rings. The topological polar surface area (TPSA) is 79.9 Å². The van der Waals surface area contributed by atoms with Crippen LogP contribution in [0.4, 0.5) is 5.69 Å². The molecule has 5 heteroatoms. The molecule has 126 valence electrons. The lowest BCUT2D eigenvalue weighted by molar-refractivity contribution is -0.129. The molecule has 0 aliphatic carbocycles. The number of amides is 1. The summed E-state index contributed by atoms with van der Waals surface area (Å²) < 4.78 is 0. The summed E-state index contributed by atoms with van der Waals surface area (Å²) >= 11 is 0. The Kier molecular flexibility index (Phi) is 7.03. The summed E-state index contributed by atoms with van der Waals surface area (Å²) in [6.07, 6.45) is 0.534. The van der Waals surface area contributed by atoms with Crippen molar-refractivity contribution in [2.24, 2.45) is 0 Å². The van der Waals surface area contributed by atoms with Crippen LogP contribution in [0.1, 0.15) is 12.8 Å². The van der Waals surface area contributed by atoms with Crippen molar-refractivity contribution in [2.75, 3.05) is 25.0 Å². The van der Waals surface area contributed by atoms with Crippen LogP contribution in [0.15, 0.2) is 54.6 Å². The molecule has 0 radical (unpaired) electrons. The predicted molar refractivity (Wildman–Crippen MR) is 97.4 cm³/mol. The zero-order valence-electron chi connectivity index (χ0n) is 14.0. The molecule has 1 amide bonds. The van der Waals surface area contributed by atoms with E-state index in [1.165, 1.54) is 0 Å². The molecule has 0 atom stereocenters. The maximum absolute atomic E-state index is 12.3. The minimum absolute atomic E-state index is 0.113. The Morgan fingerprint density at radius 2 is 1.44 bits per heavy atom. The molecule has 5 nitrogen and oxygen atoms in total. The van der Waals surface area contributed by atoms with Crippen molar-refractivity contribution < 1.29 is 4.79 Å². The number of rotatable bonds is 8. The number of nitrogens with zero attached hydrogens (tertiary/aromatic N) is 3. The fourth-order valence-electron chi connectivity index (χ4n) is 2.43. The second-order valence-electron chi connectivity index (χ2n) is 5.49. The molecular weight excluding hydrogens is 312 g/mol. The van der Waals surface area contributed by atoms with Crippen molar-refractivity contribution in [3.8, 4) is 23.3 Å². The second kappa shape index (κ2) is 9.75. The van der Waals surface area contributed by atoms with Crippen molar-refractivity contribution >= 4 is 11.6 Å². The van der Waals surface area contributed by atoms with Crippen molar-refractivity contribution in [1.82, 2.24) is 4.90 Å². The quantitative estimate of drug-likeness (QED) is 0.803. The van der Waals surface area contributed by atoms with Gasteiger partial charge in [0, 0.05) is 18.8 Å². The minimum Gasteiger partial charge on any atom is -0.376 e. The average molecular weight is 332 g/mol. The van der Waals surface area contributed by atoms with Gasteiger partial charge in [-0.05, 0) is 23.3 Å². The van der Waals surface area contributed by atoms with E-state index in [0.717, 1.165) is 16.8 Å². The van der Waals surface area contributed by atoms with Gasteiger partial charge in [0.25, 0.3) is 0 Å². The molecular formula is C20H20N4O. The fourth-order valence-corrected chi connectivity index (χ4v) is 2.43. The van der Waals surface area contributed by atoms with Gasteiger partial charge in [-0.2, -0.15) is 10.5 Å². The van der Waals surface area contributed by atoms with E-state index in [-0.39, 0.29) is 25.3 Å². The van der Waals surface area contributed by atoms with E-state index in [2.05, 4.69) is 5.32 Å². The summed E-state index contributed by atoms with van der Waals surface area (Å²) in [6, 6.07) is 22.0. The Labute approximate surface area is 148 Å². The first kappa shape index (κ1) is 18.0. The van der Waals surface area contributed by atoms with Crippen molar-refractivity contribution in [2.45, 2.75) is 12.8 Å². The van der Waals surface area contributed by atoms with Gasteiger partial charge in [-0.3, -0.25) is 4.79 Å². The number of hydrogen-bond donors (Lipinski definition) is 1. The zero-order valence-corrected chi connectivity index (χ0v) is 14.0. The molecule has 1 N–H and O–H groups in total. The smallest absolute Gasteiger partial charge is 0.241 e. The first-order valence-corrected chi connectivity index (χ1v) is 8.15. The van der Waals surface area contributed by atoms with E-state index in [9.17, 15) is 4.79 Å². The van der Waals surface area contributed by atoms with Crippen LogP contribution in [0, 0.1) is 22.7 Å². The molecule has 2 rings (SSSR count). The van der Waals surface area contributed by atoms with Gasteiger partial charge in [0.05, 0.1) is 31.5 Å². The summed E-state index contributed by atoms with van der Waals surface area (Å²) in [4.78, 5) is 13.8. The van der Waals surface area contributed by atoms with Crippen LogP contribution in [-0.2, 0) is 4.79 Å². The molecule has 2 aromatic carbocycles. The van der Waals surface area contributed by atoms with E-state index >= 15 is 0 Å². The Morgan fingerprint density at radius 1 is 0.880 bits per heavy atom. The third-order valence-corrected chi connectivity index (χ3v) is 3.78. The predicted octanol–water partition coefficient (Wildman–Crippen LogP) is 3.42. The largest absolute Gasteiger partial charge is 0.376 e. The summed E-state index contributed by atoms with van der Waals surface area (Å²) in [5, 5.41) is 20.5. The fraction of sp³-hybridized carbons (Fsp3) is 0.250. The monoisotopic (exact) mass is 332 g/mol. The van der Waals surface area contributed by atoms with Gasteiger partial charge in [0.1, 0.15) is 0 Å². The molecule has 0 saturated carbocycles.